The molecule has 1 unspecified atom stereocenters. The number of benzene rings is 1. The van der Waals surface area contributed by atoms with Crippen LogP contribution in [0.2, 0.25) is 0 Å². The van der Waals surface area contributed by atoms with Crippen molar-refractivity contribution in [2.75, 3.05) is 0 Å². The minimum absolute atomic E-state index is 0.0689. The zero-order valence-electron chi connectivity index (χ0n) is 11.2. The molecule has 1 amide bonds. The van der Waals surface area contributed by atoms with Gasteiger partial charge in [0.25, 0.3) is 0 Å². The van der Waals surface area contributed by atoms with E-state index in [4.69, 9.17) is 0 Å². The van der Waals surface area contributed by atoms with Crippen molar-refractivity contribution in [3.8, 4) is 11.5 Å². The lowest BCUT2D eigenvalue weighted by Gasteiger charge is -2.16. The molecular formula is C15H21NO3. The van der Waals surface area contributed by atoms with Crippen LogP contribution in [-0.4, -0.2) is 22.2 Å². The summed E-state index contributed by atoms with van der Waals surface area (Å²) in [5.74, 6) is -0.336. The smallest absolute Gasteiger partial charge is 0.223 e. The third kappa shape index (κ3) is 3.63. The Kier molecular flexibility index (Phi) is 4.30. The minimum atomic E-state index is -0.138. The topological polar surface area (TPSA) is 69.6 Å². The van der Waals surface area contributed by atoms with Gasteiger partial charge in [-0.2, -0.15) is 0 Å². The Morgan fingerprint density at radius 2 is 2.00 bits per heavy atom. The number of amides is 1. The van der Waals surface area contributed by atoms with E-state index in [9.17, 15) is 15.0 Å². The molecule has 1 fully saturated rings. The van der Waals surface area contributed by atoms with Crippen molar-refractivity contribution in [1.82, 2.24) is 5.32 Å². The van der Waals surface area contributed by atoms with Crippen molar-refractivity contribution in [3.05, 3.63) is 23.8 Å². The van der Waals surface area contributed by atoms with Gasteiger partial charge in [0.1, 0.15) is 0 Å². The van der Waals surface area contributed by atoms with E-state index >= 15 is 0 Å². The highest BCUT2D eigenvalue weighted by molar-refractivity contribution is 5.79. The Morgan fingerprint density at radius 3 is 2.63 bits per heavy atom. The molecule has 1 saturated carbocycles. The van der Waals surface area contributed by atoms with Crippen molar-refractivity contribution in [2.45, 2.75) is 45.1 Å². The average molecular weight is 263 g/mol. The van der Waals surface area contributed by atoms with Crippen molar-refractivity contribution >= 4 is 5.91 Å². The van der Waals surface area contributed by atoms with E-state index < -0.39 is 0 Å². The first-order valence-corrected chi connectivity index (χ1v) is 6.87. The Morgan fingerprint density at radius 1 is 1.32 bits per heavy atom. The van der Waals surface area contributed by atoms with Gasteiger partial charge in [-0.1, -0.05) is 25.8 Å². The third-order valence-corrected chi connectivity index (χ3v) is 3.73. The van der Waals surface area contributed by atoms with Gasteiger partial charge in [0.05, 0.1) is 0 Å². The number of hydrogen-bond acceptors (Lipinski definition) is 3. The number of phenols is 2. The first-order valence-electron chi connectivity index (χ1n) is 6.87. The summed E-state index contributed by atoms with van der Waals surface area (Å²) in [4.78, 5) is 12.0. The van der Waals surface area contributed by atoms with Gasteiger partial charge in [-0.05, 0) is 37.0 Å². The number of rotatable bonds is 4. The van der Waals surface area contributed by atoms with Crippen LogP contribution in [-0.2, 0) is 11.2 Å². The van der Waals surface area contributed by atoms with E-state index in [0.717, 1.165) is 18.4 Å². The van der Waals surface area contributed by atoms with Crippen molar-refractivity contribution in [2.24, 2.45) is 5.92 Å². The summed E-state index contributed by atoms with van der Waals surface area (Å²) >= 11 is 0. The molecule has 0 aromatic heterocycles. The molecule has 2 rings (SSSR count). The van der Waals surface area contributed by atoms with Crippen LogP contribution in [0.3, 0.4) is 0 Å². The molecule has 3 N–H and O–H groups in total. The van der Waals surface area contributed by atoms with E-state index in [1.54, 1.807) is 6.07 Å². The molecule has 1 aromatic carbocycles. The van der Waals surface area contributed by atoms with Crippen LogP contribution in [0.15, 0.2) is 18.2 Å². The van der Waals surface area contributed by atoms with Crippen LogP contribution in [0, 0.1) is 5.92 Å². The maximum atomic E-state index is 12.0. The number of carbonyl (C=O) groups is 1. The van der Waals surface area contributed by atoms with E-state index in [1.165, 1.54) is 25.0 Å². The van der Waals surface area contributed by atoms with E-state index in [-0.39, 0.29) is 23.3 Å². The highest BCUT2D eigenvalue weighted by Gasteiger charge is 2.20. The average Bonchev–Trinajstić information content (AvgIpc) is 2.86. The van der Waals surface area contributed by atoms with Crippen LogP contribution >= 0.6 is 0 Å². The Bertz CT molecular complexity index is 453. The molecule has 4 heteroatoms. The van der Waals surface area contributed by atoms with Gasteiger partial charge < -0.3 is 15.5 Å². The molecule has 0 bridgehead atoms. The molecule has 0 aliphatic heterocycles. The zero-order valence-corrected chi connectivity index (χ0v) is 11.2. The summed E-state index contributed by atoms with van der Waals surface area (Å²) in [5, 5.41) is 21.8. The highest BCUT2D eigenvalue weighted by Crippen LogP contribution is 2.26. The quantitative estimate of drug-likeness (QED) is 0.730. The number of carbonyl (C=O) groups excluding carboxylic acids is 1. The number of hydrogen-bond donors (Lipinski definition) is 3. The predicted octanol–water partition coefficient (Wildman–Crippen LogP) is 2.34. The highest BCUT2D eigenvalue weighted by atomic mass is 16.3. The second-order valence-corrected chi connectivity index (χ2v) is 5.42. The van der Waals surface area contributed by atoms with Crippen LogP contribution in [0.1, 0.15) is 38.2 Å². The third-order valence-electron chi connectivity index (χ3n) is 3.73. The molecule has 1 aliphatic rings. The Labute approximate surface area is 113 Å². The summed E-state index contributed by atoms with van der Waals surface area (Å²) in [5.41, 5.74) is 0.851. The number of aromatic hydroxyl groups is 2. The van der Waals surface area contributed by atoms with Gasteiger partial charge >= 0.3 is 0 Å². The lowest BCUT2D eigenvalue weighted by atomic mass is 9.99. The van der Waals surface area contributed by atoms with Crippen LogP contribution in [0.25, 0.3) is 0 Å². The van der Waals surface area contributed by atoms with E-state index in [2.05, 4.69) is 5.32 Å². The van der Waals surface area contributed by atoms with Gasteiger partial charge in [0.15, 0.2) is 11.5 Å². The molecule has 0 heterocycles. The monoisotopic (exact) mass is 263 g/mol. The first kappa shape index (κ1) is 13.7. The number of nitrogens with one attached hydrogen (secondary N) is 1. The van der Waals surface area contributed by atoms with Gasteiger partial charge in [0.2, 0.25) is 5.91 Å². The van der Waals surface area contributed by atoms with Crippen LogP contribution < -0.4 is 5.32 Å². The summed E-state index contributed by atoms with van der Waals surface area (Å²) in [6, 6.07) is 5.03. The van der Waals surface area contributed by atoms with Gasteiger partial charge in [0, 0.05) is 12.0 Å². The first-order chi connectivity index (χ1) is 9.06. The van der Waals surface area contributed by atoms with Crippen molar-refractivity contribution < 1.29 is 15.0 Å². The molecule has 104 valence electrons. The van der Waals surface area contributed by atoms with Gasteiger partial charge in [-0.3, -0.25) is 4.79 Å². The van der Waals surface area contributed by atoms with Gasteiger partial charge in [-0.25, -0.2) is 0 Å². The molecule has 19 heavy (non-hydrogen) atoms. The van der Waals surface area contributed by atoms with Crippen LogP contribution in [0.4, 0.5) is 0 Å². The maximum Gasteiger partial charge on any atom is 0.223 e. The fourth-order valence-corrected chi connectivity index (χ4v) is 2.56. The van der Waals surface area contributed by atoms with E-state index in [1.807, 2.05) is 6.92 Å². The molecular weight excluding hydrogens is 242 g/mol. The minimum Gasteiger partial charge on any atom is -0.504 e. The summed E-state index contributed by atoms with van der Waals surface area (Å²) in [7, 11) is 0. The Hall–Kier alpha value is -1.71. The second-order valence-electron chi connectivity index (χ2n) is 5.42. The molecule has 0 spiro atoms. The largest absolute Gasteiger partial charge is 0.504 e. The predicted molar refractivity (Wildman–Crippen MR) is 73.0 cm³/mol. The molecule has 1 aromatic rings. The molecule has 0 radical (unpaired) electrons. The second kappa shape index (κ2) is 5.95. The standard InChI is InChI=1S/C15H21NO3/c1-10(15(19)16-12-4-2-3-5-12)8-11-6-7-13(17)14(18)9-11/h6-7,9-10,12,17-18H,2-5,8H2,1H3,(H,16,19). The van der Waals surface area contributed by atoms with Crippen LogP contribution in [0.5, 0.6) is 11.5 Å². The lowest BCUT2D eigenvalue weighted by Crippen LogP contribution is -2.37. The number of phenolic OH excluding ortho intramolecular Hbond substituents is 2. The molecule has 1 aliphatic carbocycles. The SMILES string of the molecule is CC(Cc1ccc(O)c(O)c1)C(=O)NC1CCCC1. The maximum absolute atomic E-state index is 12.0. The molecule has 1 atom stereocenters. The van der Waals surface area contributed by atoms with Crippen molar-refractivity contribution in [3.63, 3.8) is 0 Å². The molecule has 0 saturated heterocycles. The zero-order chi connectivity index (χ0) is 13.8. The molecule has 4 nitrogen and oxygen atoms in total. The summed E-state index contributed by atoms with van der Waals surface area (Å²) in [6.07, 6.45) is 5.12. The summed E-state index contributed by atoms with van der Waals surface area (Å²) in [6.45, 7) is 1.88. The van der Waals surface area contributed by atoms with Crippen molar-refractivity contribution in [1.29, 1.82) is 0 Å². The Balaban J connectivity index is 1.90. The van der Waals surface area contributed by atoms with E-state index in [0.29, 0.717) is 12.5 Å². The van der Waals surface area contributed by atoms with Gasteiger partial charge in [-0.15, -0.1) is 0 Å². The lowest BCUT2D eigenvalue weighted by molar-refractivity contribution is -0.125. The fraction of sp³-hybridized carbons (Fsp3) is 0.533. The normalized spacial score (nSPS) is 17.3. The summed E-state index contributed by atoms with van der Waals surface area (Å²) < 4.78 is 0. The fourth-order valence-electron chi connectivity index (χ4n) is 2.56.